The second-order valence-corrected chi connectivity index (χ2v) is 8.18. The molecule has 9 heteroatoms. The van der Waals surface area contributed by atoms with E-state index in [2.05, 4.69) is 41.1 Å². The van der Waals surface area contributed by atoms with Gasteiger partial charge in [-0.15, -0.1) is 0 Å². The summed E-state index contributed by atoms with van der Waals surface area (Å²) in [4.78, 5) is 12.3. The molecule has 2 aromatic carbocycles. The molecule has 4 aromatic rings. The zero-order chi connectivity index (χ0) is 24.9. The third-order valence-electron chi connectivity index (χ3n) is 5.29. The number of hydrazone groups is 1. The Hall–Kier alpha value is -4.17. The second kappa shape index (κ2) is 10.4. The number of aromatic hydroxyl groups is 1. The van der Waals surface area contributed by atoms with Gasteiger partial charge in [0.15, 0.2) is 17.3 Å². The van der Waals surface area contributed by atoms with E-state index in [1.807, 2.05) is 24.3 Å². The van der Waals surface area contributed by atoms with E-state index in [4.69, 9.17) is 25.5 Å². The normalized spacial score (nSPS) is 11.1. The topological polar surface area (TPSA) is 98.2 Å². The molecular weight excluding hydrogens is 470 g/mol. The number of phenolic OH excluding ortho intramolecular Hbond substituents is 1. The van der Waals surface area contributed by atoms with Gasteiger partial charge in [-0.3, -0.25) is 4.79 Å². The Morgan fingerprint density at radius 3 is 2.51 bits per heavy atom. The summed E-state index contributed by atoms with van der Waals surface area (Å²) in [5.41, 5.74) is 6.01. The summed E-state index contributed by atoms with van der Waals surface area (Å²) in [5.74, 6) is 0.743. The molecule has 35 heavy (non-hydrogen) atoms. The molecule has 0 saturated heterocycles. The maximum Gasteiger partial charge on any atom is 0.307 e. The Kier molecular flexibility index (Phi) is 7.12. The van der Waals surface area contributed by atoms with Gasteiger partial charge in [-0.1, -0.05) is 11.6 Å². The highest BCUT2D eigenvalue weighted by atomic mass is 35.5. The smallest absolute Gasteiger partial charge is 0.307 e. The molecule has 2 aromatic heterocycles. The van der Waals surface area contributed by atoms with Crippen molar-refractivity contribution in [3.8, 4) is 22.9 Å². The van der Waals surface area contributed by atoms with Crippen molar-refractivity contribution >= 4 is 23.7 Å². The zero-order valence-electron chi connectivity index (χ0n) is 19.4. The van der Waals surface area contributed by atoms with Crippen LogP contribution in [-0.2, 0) is 6.61 Å². The summed E-state index contributed by atoms with van der Waals surface area (Å²) in [6, 6.07) is 18.1. The molecule has 0 radical (unpaired) electrons. The summed E-state index contributed by atoms with van der Waals surface area (Å²) in [5, 5.41) is 14.3. The molecule has 0 aliphatic heterocycles. The molecule has 0 saturated carbocycles. The number of halogens is 1. The fourth-order valence-electron chi connectivity index (χ4n) is 3.56. The average Bonchev–Trinajstić information content (AvgIpc) is 3.46. The van der Waals surface area contributed by atoms with Crippen LogP contribution >= 0.6 is 11.6 Å². The minimum absolute atomic E-state index is 0.0718. The number of aryl methyl sites for hydroxylation is 2. The number of hydrogen-bond donors (Lipinski definition) is 2. The van der Waals surface area contributed by atoms with Gasteiger partial charge < -0.3 is 23.6 Å². The van der Waals surface area contributed by atoms with Gasteiger partial charge in [-0.25, -0.2) is 5.43 Å². The van der Waals surface area contributed by atoms with E-state index in [0.717, 1.165) is 17.1 Å². The minimum atomic E-state index is -0.553. The van der Waals surface area contributed by atoms with E-state index in [0.29, 0.717) is 16.5 Å². The van der Waals surface area contributed by atoms with Crippen LogP contribution in [0, 0.1) is 13.8 Å². The van der Waals surface area contributed by atoms with E-state index in [1.165, 1.54) is 31.5 Å². The van der Waals surface area contributed by atoms with Gasteiger partial charge in [0.2, 0.25) is 0 Å². The van der Waals surface area contributed by atoms with Gasteiger partial charge in [0.05, 0.1) is 13.3 Å². The van der Waals surface area contributed by atoms with Gasteiger partial charge in [-0.2, -0.15) is 5.10 Å². The van der Waals surface area contributed by atoms with Crippen LogP contribution in [-0.4, -0.2) is 28.9 Å². The Labute approximate surface area is 207 Å². The van der Waals surface area contributed by atoms with E-state index in [9.17, 15) is 9.90 Å². The Morgan fingerprint density at radius 2 is 1.83 bits per heavy atom. The van der Waals surface area contributed by atoms with E-state index in [-0.39, 0.29) is 29.4 Å². The first kappa shape index (κ1) is 24.0. The van der Waals surface area contributed by atoms with Crippen molar-refractivity contribution in [2.24, 2.45) is 5.10 Å². The Morgan fingerprint density at radius 1 is 1.11 bits per heavy atom. The highest BCUT2D eigenvalue weighted by Gasteiger charge is 2.12. The number of carbonyl (C=O) groups excluding carboxylic acids is 1. The predicted octanol–water partition coefficient (Wildman–Crippen LogP) is 5.40. The number of nitrogens with zero attached hydrogens (tertiary/aromatic N) is 2. The number of rotatable bonds is 8. The molecular formula is C26H24ClN3O5. The largest absolute Gasteiger partial charge is 0.504 e. The lowest BCUT2D eigenvalue weighted by atomic mass is 10.2. The number of aromatic nitrogens is 1. The number of benzene rings is 2. The summed E-state index contributed by atoms with van der Waals surface area (Å²) in [6.45, 7) is 4.28. The Balaban J connectivity index is 1.33. The molecule has 0 bridgehead atoms. The molecule has 0 atom stereocenters. The Bertz CT molecular complexity index is 1350. The molecule has 0 unspecified atom stereocenters. The van der Waals surface area contributed by atoms with Crippen LogP contribution in [0.5, 0.6) is 17.2 Å². The highest BCUT2D eigenvalue weighted by molar-refractivity contribution is 6.31. The summed E-state index contributed by atoms with van der Waals surface area (Å²) >= 11 is 5.99. The average molecular weight is 494 g/mol. The van der Waals surface area contributed by atoms with Crippen molar-refractivity contribution in [3.63, 3.8) is 0 Å². The molecule has 180 valence electrons. The summed E-state index contributed by atoms with van der Waals surface area (Å²) in [7, 11) is 1.41. The number of hydrogen-bond acceptors (Lipinski definition) is 6. The van der Waals surface area contributed by atoms with Crippen molar-refractivity contribution in [2.75, 3.05) is 7.11 Å². The van der Waals surface area contributed by atoms with Crippen LogP contribution in [0.15, 0.2) is 70.2 Å². The standard InChI is InChI=1S/C26H24ClN3O5/c1-16-4-5-17(2)30(16)20-6-8-21(9-7-20)34-15-22-10-11-23(35-22)26(32)29-28-14-18-12-19(27)13-24(33-3)25(18)31/h4-14,31H,15H2,1-3H3,(H,29,32). The first-order valence-corrected chi connectivity index (χ1v) is 11.1. The number of nitrogens with one attached hydrogen (secondary N) is 1. The van der Waals surface area contributed by atoms with Gasteiger partial charge in [-0.05, 0) is 68.4 Å². The van der Waals surface area contributed by atoms with Crippen LogP contribution in [0.4, 0.5) is 0 Å². The van der Waals surface area contributed by atoms with Crippen LogP contribution in [0.3, 0.4) is 0 Å². The molecule has 1 amide bonds. The molecule has 4 rings (SSSR count). The molecule has 0 fully saturated rings. The van der Waals surface area contributed by atoms with E-state index in [1.54, 1.807) is 6.07 Å². The summed E-state index contributed by atoms with van der Waals surface area (Å²) in [6.07, 6.45) is 1.26. The van der Waals surface area contributed by atoms with Crippen LogP contribution in [0.1, 0.15) is 33.3 Å². The lowest BCUT2D eigenvalue weighted by molar-refractivity contribution is 0.0923. The van der Waals surface area contributed by atoms with Crippen molar-refractivity contribution in [2.45, 2.75) is 20.5 Å². The van der Waals surface area contributed by atoms with Gasteiger partial charge >= 0.3 is 5.91 Å². The third kappa shape index (κ3) is 5.50. The first-order chi connectivity index (χ1) is 16.9. The zero-order valence-corrected chi connectivity index (χ0v) is 20.2. The van der Waals surface area contributed by atoms with Crippen LogP contribution < -0.4 is 14.9 Å². The fourth-order valence-corrected chi connectivity index (χ4v) is 3.78. The van der Waals surface area contributed by atoms with Crippen molar-refractivity contribution < 1.29 is 23.8 Å². The maximum atomic E-state index is 12.3. The number of methoxy groups -OCH3 is 1. The number of amides is 1. The molecule has 2 heterocycles. The minimum Gasteiger partial charge on any atom is -0.504 e. The maximum absolute atomic E-state index is 12.3. The van der Waals surface area contributed by atoms with Gasteiger partial charge in [0, 0.05) is 33.7 Å². The third-order valence-corrected chi connectivity index (χ3v) is 5.51. The van der Waals surface area contributed by atoms with Crippen LogP contribution in [0.25, 0.3) is 5.69 Å². The quantitative estimate of drug-likeness (QED) is 0.253. The lowest BCUT2D eigenvalue weighted by Crippen LogP contribution is -2.16. The van der Waals surface area contributed by atoms with Gasteiger partial charge in [0.1, 0.15) is 18.1 Å². The van der Waals surface area contributed by atoms with Crippen molar-refractivity contribution in [3.05, 3.63) is 94.2 Å². The van der Waals surface area contributed by atoms with E-state index < -0.39 is 5.91 Å². The van der Waals surface area contributed by atoms with Crippen molar-refractivity contribution in [1.82, 2.24) is 9.99 Å². The SMILES string of the molecule is COc1cc(Cl)cc(C=NNC(=O)c2ccc(COc3ccc(-n4c(C)ccc4C)cc3)o2)c1O. The van der Waals surface area contributed by atoms with Crippen LogP contribution in [0.2, 0.25) is 5.02 Å². The highest BCUT2D eigenvalue weighted by Crippen LogP contribution is 2.32. The fraction of sp³-hybridized carbons (Fsp3) is 0.154. The van der Waals surface area contributed by atoms with E-state index >= 15 is 0 Å². The second-order valence-electron chi connectivity index (χ2n) is 7.75. The number of furan rings is 1. The monoisotopic (exact) mass is 493 g/mol. The van der Waals surface area contributed by atoms with Gasteiger partial charge in [0.25, 0.3) is 0 Å². The molecule has 2 N–H and O–H groups in total. The summed E-state index contributed by atoms with van der Waals surface area (Å²) < 4.78 is 18.5. The number of phenols is 1. The number of carbonyl (C=O) groups is 1. The lowest BCUT2D eigenvalue weighted by Gasteiger charge is -2.10. The molecule has 0 aliphatic carbocycles. The first-order valence-electron chi connectivity index (χ1n) is 10.7. The predicted molar refractivity (Wildman–Crippen MR) is 133 cm³/mol. The van der Waals surface area contributed by atoms with Crippen molar-refractivity contribution in [1.29, 1.82) is 0 Å². The molecule has 0 aliphatic rings. The molecule has 0 spiro atoms. The molecule has 8 nitrogen and oxygen atoms in total. The number of ether oxygens (including phenoxy) is 2.